The predicted octanol–water partition coefficient (Wildman–Crippen LogP) is 3.04. The summed E-state index contributed by atoms with van der Waals surface area (Å²) in [7, 11) is 0. The summed E-state index contributed by atoms with van der Waals surface area (Å²) in [5.41, 5.74) is -0.0554. The minimum Gasteiger partial charge on any atom is -0.381 e. The van der Waals surface area contributed by atoms with Crippen LogP contribution in [0, 0.1) is 0 Å². The summed E-state index contributed by atoms with van der Waals surface area (Å²) < 4.78 is 47.4. The van der Waals surface area contributed by atoms with Crippen LogP contribution in [-0.2, 0) is 9.47 Å². The van der Waals surface area contributed by atoms with Crippen LogP contribution >= 0.6 is 0 Å². The molecular formula is C14H24F3NO2. The molecule has 0 radical (unpaired) electrons. The highest BCUT2D eigenvalue weighted by Gasteiger charge is 2.38. The topological polar surface area (TPSA) is 30.5 Å². The van der Waals surface area contributed by atoms with Crippen LogP contribution in [0.3, 0.4) is 0 Å². The van der Waals surface area contributed by atoms with Gasteiger partial charge in [-0.15, -0.1) is 0 Å². The van der Waals surface area contributed by atoms with Crippen LogP contribution in [0.25, 0.3) is 0 Å². The normalized spacial score (nSPS) is 26.9. The maximum Gasteiger partial charge on any atom is 0.389 e. The van der Waals surface area contributed by atoms with Crippen molar-refractivity contribution in [2.24, 2.45) is 0 Å². The highest BCUT2D eigenvalue weighted by Crippen LogP contribution is 2.34. The lowest BCUT2D eigenvalue weighted by Gasteiger charge is -2.43. The fraction of sp³-hybridized carbons (Fsp3) is 1.00. The highest BCUT2D eigenvalue weighted by molar-refractivity contribution is 4.91. The Morgan fingerprint density at radius 2 is 1.85 bits per heavy atom. The van der Waals surface area contributed by atoms with Gasteiger partial charge in [0.05, 0.1) is 5.60 Å². The Morgan fingerprint density at radius 3 is 2.55 bits per heavy atom. The monoisotopic (exact) mass is 295 g/mol. The van der Waals surface area contributed by atoms with Gasteiger partial charge in [-0.3, -0.25) is 0 Å². The number of hydrogen-bond donors (Lipinski definition) is 1. The minimum absolute atomic E-state index is 0.0554. The minimum atomic E-state index is -4.02. The molecule has 2 aliphatic rings. The van der Waals surface area contributed by atoms with Gasteiger partial charge in [-0.2, -0.15) is 13.2 Å². The lowest BCUT2D eigenvalue weighted by atomic mass is 9.84. The van der Waals surface area contributed by atoms with E-state index in [0.29, 0.717) is 19.0 Å². The Kier molecular flexibility index (Phi) is 5.69. The first-order valence-electron chi connectivity index (χ1n) is 7.51. The third-order valence-electron chi connectivity index (χ3n) is 4.22. The molecule has 0 aromatic heterocycles. The van der Waals surface area contributed by atoms with Crippen LogP contribution in [0.5, 0.6) is 0 Å². The second-order valence-corrected chi connectivity index (χ2v) is 5.86. The van der Waals surface area contributed by atoms with Crippen molar-refractivity contribution in [2.45, 2.75) is 62.8 Å². The summed E-state index contributed by atoms with van der Waals surface area (Å²) in [6.07, 6.45) is -0.156. The Morgan fingerprint density at radius 1 is 1.10 bits per heavy atom. The van der Waals surface area contributed by atoms with Gasteiger partial charge in [0.1, 0.15) is 0 Å². The quantitative estimate of drug-likeness (QED) is 0.791. The van der Waals surface area contributed by atoms with E-state index in [-0.39, 0.29) is 12.0 Å². The van der Waals surface area contributed by atoms with Crippen molar-refractivity contribution in [3.63, 3.8) is 0 Å². The van der Waals surface area contributed by atoms with Crippen LogP contribution in [0.2, 0.25) is 0 Å². The lowest BCUT2D eigenvalue weighted by molar-refractivity contribution is -0.140. The van der Waals surface area contributed by atoms with E-state index in [1.807, 2.05) is 0 Å². The van der Waals surface area contributed by atoms with Crippen LogP contribution < -0.4 is 5.32 Å². The Labute approximate surface area is 118 Å². The van der Waals surface area contributed by atoms with Crippen molar-refractivity contribution < 1.29 is 22.6 Å². The zero-order valence-corrected chi connectivity index (χ0v) is 11.8. The number of halogens is 3. The van der Waals surface area contributed by atoms with E-state index < -0.39 is 12.6 Å². The molecule has 1 N–H and O–H groups in total. The van der Waals surface area contributed by atoms with Crippen molar-refractivity contribution in [1.29, 1.82) is 0 Å². The summed E-state index contributed by atoms with van der Waals surface area (Å²) in [6.45, 7) is 2.89. The zero-order valence-electron chi connectivity index (χ0n) is 11.8. The van der Waals surface area contributed by atoms with E-state index in [1.54, 1.807) is 0 Å². The average molecular weight is 295 g/mol. The van der Waals surface area contributed by atoms with Crippen molar-refractivity contribution >= 4 is 0 Å². The van der Waals surface area contributed by atoms with Crippen molar-refractivity contribution in [3.05, 3.63) is 0 Å². The summed E-state index contributed by atoms with van der Waals surface area (Å²) in [6, 6.07) is 0.368. The molecule has 1 atom stereocenters. The second-order valence-electron chi connectivity index (χ2n) is 5.86. The summed E-state index contributed by atoms with van der Waals surface area (Å²) in [5, 5.41) is 3.39. The second kappa shape index (κ2) is 7.09. The summed E-state index contributed by atoms with van der Waals surface area (Å²) in [4.78, 5) is 0. The number of alkyl halides is 3. The van der Waals surface area contributed by atoms with E-state index >= 15 is 0 Å². The Hall–Kier alpha value is -0.330. The van der Waals surface area contributed by atoms with Gasteiger partial charge >= 0.3 is 6.18 Å². The molecule has 0 aromatic carbocycles. The largest absolute Gasteiger partial charge is 0.389 e. The number of rotatable bonds is 5. The molecule has 2 aliphatic heterocycles. The van der Waals surface area contributed by atoms with Gasteiger partial charge < -0.3 is 14.8 Å². The molecule has 0 bridgehead atoms. The van der Waals surface area contributed by atoms with Crippen molar-refractivity contribution in [3.8, 4) is 0 Å². The van der Waals surface area contributed by atoms with Crippen LogP contribution in [0.15, 0.2) is 0 Å². The molecule has 2 heterocycles. The molecule has 3 nitrogen and oxygen atoms in total. The summed E-state index contributed by atoms with van der Waals surface area (Å²) in [5.74, 6) is 0. The number of unbranched alkanes of at least 4 members (excludes halogenated alkanes) is 1. The average Bonchev–Trinajstić information content (AvgIpc) is 2.38. The molecule has 20 heavy (non-hydrogen) atoms. The standard InChI is InChI=1S/C14H24F3NO2/c15-14(16,17)4-1-2-7-18-12-3-8-20-13(11-12)5-9-19-10-6-13/h12,18H,1-11H2. The summed E-state index contributed by atoms with van der Waals surface area (Å²) >= 11 is 0. The van der Waals surface area contributed by atoms with E-state index in [0.717, 1.165) is 45.5 Å². The molecule has 1 spiro atoms. The van der Waals surface area contributed by atoms with Crippen LogP contribution in [0.1, 0.15) is 44.9 Å². The zero-order chi connectivity index (χ0) is 14.5. The fourth-order valence-electron chi connectivity index (χ4n) is 3.05. The molecule has 6 heteroatoms. The van der Waals surface area contributed by atoms with Crippen LogP contribution in [-0.4, -0.2) is 44.2 Å². The van der Waals surface area contributed by atoms with Gasteiger partial charge in [-0.25, -0.2) is 0 Å². The van der Waals surface area contributed by atoms with E-state index in [1.165, 1.54) is 0 Å². The third-order valence-corrected chi connectivity index (χ3v) is 4.22. The van der Waals surface area contributed by atoms with Gasteiger partial charge in [0, 0.05) is 32.3 Å². The van der Waals surface area contributed by atoms with E-state index in [4.69, 9.17) is 9.47 Å². The smallest absolute Gasteiger partial charge is 0.381 e. The molecule has 0 amide bonds. The van der Waals surface area contributed by atoms with Gasteiger partial charge in [-0.1, -0.05) is 0 Å². The molecule has 2 fully saturated rings. The number of ether oxygens (including phenoxy) is 2. The Balaban J connectivity index is 1.63. The SMILES string of the molecule is FC(F)(F)CCCCNC1CCOC2(CCOCC2)C1. The molecule has 2 saturated heterocycles. The fourth-order valence-corrected chi connectivity index (χ4v) is 3.05. The molecule has 0 aromatic rings. The molecule has 0 saturated carbocycles. The molecule has 0 aliphatic carbocycles. The molecule has 118 valence electrons. The van der Waals surface area contributed by atoms with Crippen molar-refractivity contribution in [2.75, 3.05) is 26.4 Å². The number of hydrogen-bond acceptors (Lipinski definition) is 3. The maximum absolute atomic E-state index is 12.0. The van der Waals surface area contributed by atoms with E-state index in [9.17, 15) is 13.2 Å². The van der Waals surface area contributed by atoms with Crippen LogP contribution in [0.4, 0.5) is 13.2 Å². The molecular weight excluding hydrogens is 271 g/mol. The van der Waals surface area contributed by atoms with Gasteiger partial charge in [-0.05, 0) is 45.1 Å². The van der Waals surface area contributed by atoms with E-state index in [2.05, 4.69) is 5.32 Å². The Bertz CT molecular complexity index is 285. The number of nitrogens with one attached hydrogen (secondary N) is 1. The predicted molar refractivity (Wildman–Crippen MR) is 69.7 cm³/mol. The van der Waals surface area contributed by atoms with Gasteiger partial charge in [0.25, 0.3) is 0 Å². The van der Waals surface area contributed by atoms with Gasteiger partial charge in [0.15, 0.2) is 0 Å². The lowest BCUT2D eigenvalue weighted by Crippen LogP contribution is -2.50. The maximum atomic E-state index is 12.0. The van der Waals surface area contributed by atoms with Gasteiger partial charge in [0.2, 0.25) is 0 Å². The first kappa shape index (κ1) is 16.0. The first-order valence-corrected chi connectivity index (χ1v) is 7.51. The third kappa shape index (κ3) is 5.22. The molecule has 2 rings (SSSR count). The highest BCUT2D eigenvalue weighted by atomic mass is 19.4. The van der Waals surface area contributed by atoms with Crippen molar-refractivity contribution in [1.82, 2.24) is 5.32 Å². The first-order chi connectivity index (χ1) is 9.49. The molecule has 1 unspecified atom stereocenters.